The molecular weight excluding hydrogens is 614 g/mol. The van der Waals surface area contributed by atoms with E-state index in [1.54, 1.807) is 79.1 Å². The maximum absolute atomic E-state index is 12.8. The van der Waals surface area contributed by atoms with E-state index in [9.17, 15) is 19.8 Å². The molecule has 5 N–H and O–H groups in total. The summed E-state index contributed by atoms with van der Waals surface area (Å²) in [5.74, 6) is 0.575. The maximum Gasteiger partial charge on any atom is 0.263 e. The van der Waals surface area contributed by atoms with E-state index in [4.69, 9.17) is 15.2 Å². The molecule has 48 heavy (non-hydrogen) atoms. The van der Waals surface area contributed by atoms with E-state index < -0.39 is 17.1 Å². The number of amides is 1. The quantitative estimate of drug-likeness (QED) is 0.160. The molecule has 1 aliphatic carbocycles. The smallest absolute Gasteiger partial charge is 0.263 e. The molecule has 13 heteroatoms. The third kappa shape index (κ3) is 8.52. The second-order valence-corrected chi connectivity index (χ2v) is 13.5. The first-order valence-corrected chi connectivity index (χ1v) is 16.0. The van der Waals surface area contributed by atoms with Crippen molar-refractivity contribution in [2.45, 2.75) is 83.5 Å². The standard InChI is InChI=1S/C22H26N4O4.C13H19N3O2/c1-22(2,29)9-8-14-11-16-12-18(19(30-3)13-26(16)24-14)23-20(27)17-5-4-10-25(21(17)28)15-6-7-15;1-13(2,17)5-4-9-6-10-7-11(14)12(18-3)8-16(10)15-9/h4-5,10-13,15,29H,6-9H2,1-3H3,(H,23,27);6-8,17H,4-5,14H2,1-3H3. The molecule has 5 aromatic rings. The number of ether oxygens (including phenoxy) is 2. The summed E-state index contributed by atoms with van der Waals surface area (Å²) in [6.45, 7) is 7.12. The molecule has 256 valence electrons. The van der Waals surface area contributed by atoms with Crippen LogP contribution in [0.3, 0.4) is 0 Å². The Bertz CT molecular complexity index is 1980. The van der Waals surface area contributed by atoms with E-state index in [0.29, 0.717) is 42.1 Å². The number of hydrogen-bond acceptors (Lipinski definition) is 9. The fraction of sp³-hybridized carbons (Fsp3) is 0.429. The Balaban J connectivity index is 0.000000214. The van der Waals surface area contributed by atoms with E-state index >= 15 is 0 Å². The first-order chi connectivity index (χ1) is 22.6. The van der Waals surface area contributed by atoms with Crippen molar-refractivity contribution in [3.8, 4) is 11.5 Å². The van der Waals surface area contributed by atoms with Gasteiger partial charge in [-0.25, -0.2) is 9.03 Å². The van der Waals surface area contributed by atoms with Crippen LogP contribution in [0.4, 0.5) is 11.4 Å². The summed E-state index contributed by atoms with van der Waals surface area (Å²) >= 11 is 0. The minimum Gasteiger partial charge on any atom is -0.493 e. The average molecular weight is 660 g/mol. The molecule has 1 aliphatic rings. The van der Waals surface area contributed by atoms with Crippen molar-refractivity contribution in [3.63, 3.8) is 0 Å². The summed E-state index contributed by atoms with van der Waals surface area (Å²) < 4.78 is 15.6. The minimum atomic E-state index is -0.768. The van der Waals surface area contributed by atoms with E-state index in [0.717, 1.165) is 41.7 Å². The number of fused-ring (bicyclic) bond motifs is 2. The predicted octanol–water partition coefficient (Wildman–Crippen LogP) is 4.42. The molecule has 1 fully saturated rings. The Morgan fingerprint density at radius 1 is 0.917 bits per heavy atom. The Morgan fingerprint density at radius 3 is 1.98 bits per heavy atom. The predicted molar refractivity (Wildman–Crippen MR) is 184 cm³/mol. The fourth-order valence-corrected chi connectivity index (χ4v) is 5.22. The van der Waals surface area contributed by atoms with Gasteiger partial charge in [-0.2, -0.15) is 10.2 Å². The molecule has 0 atom stereocenters. The van der Waals surface area contributed by atoms with Crippen LogP contribution in [0, 0.1) is 0 Å². The van der Waals surface area contributed by atoms with E-state index in [1.165, 1.54) is 13.2 Å². The van der Waals surface area contributed by atoms with Crippen molar-refractivity contribution >= 4 is 28.3 Å². The lowest BCUT2D eigenvalue weighted by atomic mass is 10.0. The normalized spacial score (nSPS) is 13.3. The van der Waals surface area contributed by atoms with Crippen LogP contribution in [-0.4, -0.2) is 65.3 Å². The molecule has 0 bridgehead atoms. The Labute approximate surface area is 278 Å². The van der Waals surface area contributed by atoms with Gasteiger partial charge in [-0.3, -0.25) is 9.59 Å². The number of aryl methyl sites for hydroxylation is 2. The van der Waals surface area contributed by atoms with Gasteiger partial charge >= 0.3 is 0 Å². The highest BCUT2D eigenvalue weighted by Gasteiger charge is 2.26. The highest BCUT2D eigenvalue weighted by molar-refractivity contribution is 6.05. The molecule has 1 saturated carbocycles. The summed E-state index contributed by atoms with van der Waals surface area (Å²) in [5.41, 5.74) is 8.76. The summed E-state index contributed by atoms with van der Waals surface area (Å²) in [6.07, 6.45) is 9.71. The molecule has 6 rings (SSSR count). The molecule has 0 saturated heterocycles. The molecule has 0 radical (unpaired) electrons. The molecule has 0 spiro atoms. The molecular formula is C35H45N7O6. The van der Waals surface area contributed by atoms with E-state index in [1.807, 2.05) is 18.2 Å². The summed E-state index contributed by atoms with van der Waals surface area (Å²) in [6, 6.07) is 10.9. The number of nitrogens with one attached hydrogen (secondary N) is 1. The first kappa shape index (κ1) is 34.5. The number of rotatable bonds is 11. The Hall–Kier alpha value is -4.88. The van der Waals surface area contributed by atoms with Gasteiger partial charge in [0.25, 0.3) is 11.5 Å². The van der Waals surface area contributed by atoms with Gasteiger partial charge in [-0.05, 0) is 103 Å². The largest absolute Gasteiger partial charge is 0.493 e. The lowest BCUT2D eigenvalue weighted by Crippen LogP contribution is -2.28. The number of aliphatic hydroxyl groups is 2. The maximum atomic E-state index is 12.8. The van der Waals surface area contributed by atoms with E-state index in [2.05, 4.69) is 15.5 Å². The van der Waals surface area contributed by atoms with Gasteiger partial charge in [-0.1, -0.05) is 0 Å². The van der Waals surface area contributed by atoms with Crippen LogP contribution in [0.1, 0.15) is 81.2 Å². The molecule has 0 aliphatic heterocycles. The van der Waals surface area contributed by atoms with Crippen LogP contribution in [0.15, 0.2) is 59.8 Å². The molecule has 5 heterocycles. The van der Waals surface area contributed by atoms with Gasteiger partial charge in [0.15, 0.2) is 11.5 Å². The highest BCUT2D eigenvalue weighted by atomic mass is 16.5. The second kappa shape index (κ2) is 13.7. The minimum absolute atomic E-state index is 0.103. The van der Waals surface area contributed by atoms with Crippen LogP contribution in [0.25, 0.3) is 11.0 Å². The lowest BCUT2D eigenvalue weighted by Gasteiger charge is -2.15. The second-order valence-electron chi connectivity index (χ2n) is 13.5. The number of hydrogen-bond donors (Lipinski definition) is 4. The third-order valence-corrected chi connectivity index (χ3v) is 8.09. The van der Waals surface area contributed by atoms with Crippen molar-refractivity contribution in [3.05, 3.63) is 82.3 Å². The number of methoxy groups -OCH3 is 2. The fourth-order valence-electron chi connectivity index (χ4n) is 5.22. The van der Waals surface area contributed by atoms with Gasteiger partial charge < -0.3 is 35.3 Å². The number of anilines is 2. The summed E-state index contributed by atoms with van der Waals surface area (Å²) in [5, 5.41) is 31.4. The number of carbonyl (C=O) groups excluding carboxylic acids is 1. The average Bonchev–Trinajstić information content (AvgIpc) is 3.66. The monoisotopic (exact) mass is 659 g/mol. The highest BCUT2D eigenvalue weighted by Crippen LogP contribution is 2.33. The van der Waals surface area contributed by atoms with Gasteiger partial charge in [-0.15, -0.1) is 0 Å². The third-order valence-electron chi connectivity index (χ3n) is 8.09. The van der Waals surface area contributed by atoms with Crippen molar-refractivity contribution in [2.24, 2.45) is 0 Å². The van der Waals surface area contributed by atoms with Crippen molar-refractivity contribution in [1.29, 1.82) is 0 Å². The van der Waals surface area contributed by atoms with Gasteiger partial charge in [0.05, 0.1) is 71.6 Å². The Morgan fingerprint density at radius 2 is 1.46 bits per heavy atom. The number of carbonyl (C=O) groups is 1. The van der Waals surface area contributed by atoms with Crippen LogP contribution < -0.4 is 26.1 Å². The van der Waals surface area contributed by atoms with Crippen LogP contribution in [-0.2, 0) is 12.8 Å². The van der Waals surface area contributed by atoms with Crippen molar-refractivity contribution in [1.82, 2.24) is 23.8 Å². The number of nitrogens with two attached hydrogens (primary N) is 1. The molecule has 13 nitrogen and oxygen atoms in total. The van der Waals surface area contributed by atoms with Gasteiger partial charge in [0.1, 0.15) is 5.56 Å². The Kier molecular flexibility index (Phi) is 9.83. The topological polar surface area (TPSA) is 171 Å². The summed E-state index contributed by atoms with van der Waals surface area (Å²) in [4.78, 5) is 25.5. The van der Waals surface area contributed by atoms with Gasteiger partial charge in [0.2, 0.25) is 0 Å². The molecule has 0 unspecified atom stereocenters. The SMILES string of the molecule is COc1cn2nc(CCC(C)(C)O)cc2cc1N.COc1cn2nc(CCC(C)(C)O)cc2cc1NC(=O)c1cccn(C2CC2)c1=O. The molecule has 5 aromatic heterocycles. The van der Waals surface area contributed by atoms with Crippen molar-refractivity contribution in [2.75, 3.05) is 25.3 Å². The molecule has 1 amide bonds. The lowest BCUT2D eigenvalue weighted by molar-refractivity contribution is 0.0705. The van der Waals surface area contributed by atoms with Gasteiger partial charge in [0, 0.05) is 12.2 Å². The zero-order chi connectivity index (χ0) is 34.8. The first-order valence-electron chi connectivity index (χ1n) is 16.0. The zero-order valence-electron chi connectivity index (χ0n) is 28.4. The number of aromatic nitrogens is 5. The number of nitrogen functional groups attached to an aromatic ring is 1. The van der Waals surface area contributed by atoms with Crippen LogP contribution >= 0.6 is 0 Å². The molecule has 0 aromatic carbocycles. The number of nitrogens with zero attached hydrogens (tertiary/aromatic N) is 5. The van der Waals surface area contributed by atoms with Crippen LogP contribution in [0.5, 0.6) is 11.5 Å². The van der Waals surface area contributed by atoms with Crippen molar-refractivity contribution < 1.29 is 24.5 Å². The van der Waals surface area contributed by atoms with E-state index in [-0.39, 0.29) is 17.2 Å². The number of pyridine rings is 3. The summed E-state index contributed by atoms with van der Waals surface area (Å²) in [7, 11) is 3.09. The van der Waals surface area contributed by atoms with Crippen LogP contribution in [0.2, 0.25) is 0 Å². The zero-order valence-corrected chi connectivity index (χ0v) is 28.4.